The molecule has 0 spiro atoms. The summed E-state index contributed by atoms with van der Waals surface area (Å²) in [6.45, 7) is 11.9. The SMILES string of the molecule is CCNC(=O)C(C)(C)CN=C(NCC)NCC(C)Oc1ccccc1OC.I. The Balaban J connectivity index is 0.00000729. The normalized spacial score (nSPS) is 12.4. The van der Waals surface area contributed by atoms with Crippen LogP contribution in [-0.2, 0) is 4.79 Å². The maximum Gasteiger partial charge on any atom is 0.227 e. The third-order valence-electron chi connectivity index (χ3n) is 3.88. The van der Waals surface area contributed by atoms with Gasteiger partial charge in [0.2, 0.25) is 5.91 Å². The van der Waals surface area contributed by atoms with Gasteiger partial charge in [-0.3, -0.25) is 9.79 Å². The van der Waals surface area contributed by atoms with Crippen molar-refractivity contribution in [2.24, 2.45) is 10.4 Å². The predicted molar refractivity (Wildman–Crippen MR) is 125 cm³/mol. The zero-order chi connectivity index (χ0) is 20.3. The van der Waals surface area contributed by atoms with Gasteiger partial charge in [0.05, 0.1) is 25.6 Å². The fourth-order valence-electron chi connectivity index (χ4n) is 2.31. The molecule has 1 unspecified atom stereocenters. The number of guanidine groups is 1. The van der Waals surface area contributed by atoms with Crippen LogP contribution in [-0.4, -0.2) is 51.3 Å². The molecule has 1 atom stereocenters. The van der Waals surface area contributed by atoms with E-state index in [1.54, 1.807) is 7.11 Å². The van der Waals surface area contributed by atoms with E-state index in [1.165, 1.54) is 0 Å². The second-order valence-electron chi connectivity index (χ2n) is 6.90. The van der Waals surface area contributed by atoms with Gasteiger partial charge < -0.3 is 25.4 Å². The number of nitrogens with zero attached hydrogens (tertiary/aromatic N) is 1. The summed E-state index contributed by atoms with van der Waals surface area (Å²) in [5.74, 6) is 2.06. The molecule has 0 fully saturated rings. The van der Waals surface area contributed by atoms with E-state index < -0.39 is 5.41 Å². The highest BCUT2D eigenvalue weighted by Crippen LogP contribution is 2.26. The first-order valence-corrected chi connectivity index (χ1v) is 9.44. The highest BCUT2D eigenvalue weighted by Gasteiger charge is 2.26. The standard InChI is InChI=1S/C20H34N4O3.HI/c1-7-21-18(25)20(4,5)14-24-19(22-8-2)23-13-15(3)27-17-12-10-9-11-16(17)26-6;/h9-12,15H,7-8,13-14H2,1-6H3,(H,21,25)(H2,22,23,24);1H. The fourth-order valence-corrected chi connectivity index (χ4v) is 2.31. The number of hydrogen-bond donors (Lipinski definition) is 3. The van der Waals surface area contributed by atoms with Crippen molar-refractivity contribution in [3.8, 4) is 11.5 Å². The number of hydrogen-bond acceptors (Lipinski definition) is 4. The van der Waals surface area contributed by atoms with Gasteiger partial charge in [-0.25, -0.2) is 0 Å². The summed E-state index contributed by atoms with van der Waals surface area (Å²) in [4.78, 5) is 16.7. The number of aliphatic imine (C=N–C) groups is 1. The molecule has 1 rings (SSSR count). The fraction of sp³-hybridized carbons (Fsp3) is 0.600. The van der Waals surface area contributed by atoms with Crippen molar-refractivity contribution in [2.45, 2.75) is 40.7 Å². The van der Waals surface area contributed by atoms with E-state index in [2.05, 4.69) is 20.9 Å². The first-order valence-electron chi connectivity index (χ1n) is 9.44. The largest absolute Gasteiger partial charge is 0.493 e. The van der Waals surface area contributed by atoms with Crippen molar-refractivity contribution >= 4 is 35.8 Å². The van der Waals surface area contributed by atoms with Gasteiger partial charge in [0.25, 0.3) is 0 Å². The van der Waals surface area contributed by atoms with Crippen LogP contribution in [0.1, 0.15) is 34.6 Å². The Morgan fingerprint density at radius 3 is 2.29 bits per heavy atom. The lowest BCUT2D eigenvalue weighted by Gasteiger charge is -2.22. The molecule has 0 bridgehead atoms. The smallest absolute Gasteiger partial charge is 0.227 e. The molecule has 0 radical (unpaired) electrons. The number of para-hydroxylation sites is 2. The molecule has 0 saturated heterocycles. The minimum absolute atomic E-state index is 0. The molecule has 0 aromatic heterocycles. The second-order valence-corrected chi connectivity index (χ2v) is 6.90. The molecule has 1 amide bonds. The van der Waals surface area contributed by atoms with Gasteiger partial charge in [-0.2, -0.15) is 0 Å². The molecule has 0 aliphatic carbocycles. The Morgan fingerprint density at radius 2 is 1.71 bits per heavy atom. The Labute approximate surface area is 186 Å². The van der Waals surface area contributed by atoms with Crippen LogP contribution in [0.15, 0.2) is 29.3 Å². The molecule has 3 N–H and O–H groups in total. The van der Waals surface area contributed by atoms with Crippen LogP contribution in [0.5, 0.6) is 11.5 Å². The maximum atomic E-state index is 12.1. The molecule has 0 aliphatic rings. The maximum absolute atomic E-state index is 12.1. The minimum atomic E-state index is -0.572. The quantitative estimate of drug-likeness (QED) is 0.258. The number of carbonyl (C=O) groups is 1. The molecular formula is C20H35IN4O3. The summed E-state index contributed by atoms with van der Waals surface area (Å²) in [7, 11) is 1.62. The van der Waals surface area contributed by atoms with E-state index >= 15 is 0 Å². The van der Waals surface area contributed by atoms with Crippen molar-refractivity contribution < 1.29 is 14.3 Å². The molecule has 160 valence electrons. The second kappa shape index (κ2) is 13.5. The Morgan fingerprint density at radius 1 is 1.11 bits per heavy atom. The van der Waals surface area contributed by atoms with Crippen molar-refractivity contribution in [3.05, 3.63) is 24.3 Å². The Bertz CT molecular complexity index is 623. The average molecular weight is 506 g/mol. The van der Waals surface area contributed by atoms with Crippen molar-refractivity contribution in [3.63, 3.8) is 0 Å². The predicted octanol–water partition coefficient (Wildman–Crippen LogP) is 2.80. The lowest BCUT2D eigenvalue weighted by molar-refractivity contribution is -0.128. The monoisotopic (exact) mass is 506 g/mol. The molecular weight excluding hydrogens is 471 g/mol. The molecule has 1 aromatic rings. The number of halogens is 1. The van der Waals surface area contributed by atoms with Crippen LogP contribution in [0.4, 0.5) is 0 Å². The van der Waals surface area contributed by atoms with E-state index in [0.717, 1.165) is 6.54 Å². The van der Waals surface area contributed by atoms with Crippen molar-refractivity contribution in [2.75, 3.05) is 33.3 Å². The first-order chi connectivity index (χ1) is 12.8. The highest BCUT2D eigenvalue weighted by atomic mass is 127. The summed E-state index contributed by atoms with van der Waals surface area (Å²) in [5.41, 5.74) is -0.572. The zero-order valence-electron chi connectivity index (χ0n) is 17.8. The van der Waals surface area contributed by atoms with E-state index in [4.69, 9.17) is 9.47 Å². The zero-order valence-corrected chi connectivity index (χ0v) is 20.1. The number of ether oxygens (including phenoxy) is 2. The van der Waals surface area contributed by atoms with Gasteiger partial charge in [0.1, 0.15) is 6.10 Å². The summed E-state index contributed by atoms with van der Waals surface area (Å²) in [5, 5.41) is 9.31. The molecule has 28 heavy (non-hydrogen) atoms. The third kappa shape index (κ3) is 8.99. The molecule has 0 saturated carbocycles. The van der Waals surface area contributed by atoms with Gasteiger partial charge in [0, 0.05) is 13.1 Å². The van der Waals surface area contributed by atoms with E-state index in [0.29, 0.717) is 37.1 Å². The van der Waals surface area contributed by atoms with Crippen molar-refractivity contribution in [1.29, 1.82) is 0 Å². The van der Waals surface area contributed by atoms with Gasteiger partial charge in [-0.1, -0.05) is 12.1 Å². The lowest BCUT2D eigenvalue weighted by atomic mass is 9.92. The summed E-state index contributed by atoms with van der Waals surface area (Å²) in [6.07, 6.45) is -0.0958. The average Bonchev–Trinajstić information content (AvgIpc) is 2.64. The topological polar surface area (TPSA) is 84.0 Å². The molecule has 7 nitrogen and oxygen atoms in total. The van der Waals surface area contributed by atoms with Gasteiger partial charge in [-0.15, -0.1) is 24.0 Å². The number of nitrogens with one attached hydrogen (secondary N) is 3. The van der Waals surface area contributed by atoms with Gasteiger partial charge in [0.15, 0.2) is 17.5 Å². The number of amides is 1. The molecule has 0 aliphatic heterocycles. The Hall–Kier alpha value is -1.71. The summed E-state index contributed by atoms with van der Waals surface area (Å²) < 4.78 is 11.3. The van der Waals surface area contributed by atoms with Crippen LogP contribution < -0.4 is 25.4 Å². The molecule has 8 heteroatoms. The molecule has 0 heterocycles. The van der Waals surface area contributed by atoms with E-state index in [1.807, 2.05) is 58.9 Å². The van der Waals surface area contributed by atoms with Gasteiger partial charge >= 0.3 is 0 Å². The lowest BCUT2D eigenvalue weighted by Crippen LogP contribution is -2.44. The highest BCUT2D eigenvalue weighted by molar-refractivity contribution is 14.0. The number of carbonyl (C=O) groups excluding carboxylic acids is 1. The van der Waals surface area contributed by atoms with Gasteiger partial charge in [-0.05, 0) is 46.8 Å². The summed E-state index contributed by atoms with van der Waals surface area (Å²) >= 11 is 0. The Kier molecular flexibility index (Phi) is 12.6. The van der Waals surface area contributed by atoms with Crippen LogP contribution in [0.2, 0.25) is 0 Å². The molecule has 1 aromatic carbocycles. The minimum Gasteiger partial charge on any atom is -0.493 e. The third-order valence-corrected chi connectivity index (χ3v) is 3.88. The van der Waals surface area contributed by atoms with Crippen molar-refractivity contribution in [1.82, 2.24) is 16.0 Å². The first kappa shape index (κ1) is 26.3. The number of benzene rings is 1. The van der Waals surface area contributed by atoms with Crippen LogP contribution in [0.3, 0.4) is 0 Å². The number of rotatable bonds is 10. The summed E-state index contributed by atoms with van der Waals surface area (Å²) in [6, 6.07) is 7.56. The van der Waals surface area contributed by atoms with Crippen LogP contribution >= 0.6 is 24.0 Å². The van der Waals surface area contributed by atoms with Crippen LogP contribution in [0.25, 0.3) is 0 Å². The van der Waals surface area contributed by atoms with E-state index in [-0.39, 0.29) is 36.0 Å². The number of methoxy groups -OCH3 is 1. The van der Waals surface area contributed by atoms with Crippen LogP contribution in [0, 0.1) is 5.41 Å². The van der Waals surface area contributed by atoms with E-state index in [9.17, 15) is 4.79 Å².